The van der Waals surface area contributed by atoms with E-state index >= 15 is 0 Å². The number of nitrogens with zero attached hydrogens (tertiary/aromatic N) is 4. The Hall–Kier alpha value is -3.84. The molecule has 0 atom stereocenters. The van der Waals surface area contributed by atoms with Crippen LogP contribution in [-0.4, -0.2) is 25.4 Å². The number of benzene rings is 2. The first-order valence-corrected chi connectivity index (χ1v) is 9.87. The van der Waals surface area contributed by atoms with Gasteiger partial charge in [0.2, 0.25) is 0 Å². The van der Waals surface area contributed by atoms with Gasteiger partial charge in [0.15, 0.2) is 5.13 Å². The highest BCUT2D eigenvalue weighted by molar-refractivity contribution is 7.14. The standard InChI is InChI=1S/C22H15N5OS/c28-21(20-12-23-14-27(20)16-7-2-1-3-8-16)26-22-25-19(13-29-22)18-11-10-15-6-4-5-9-17(15)24-18/h1-14H,(H,25,26,28). The Kier molecular flexibility index (Phi) is 4.34. The molecule has 0 aliphatic rings. The van der Waals surface area contributed by atoms with E-state index in [1.54, 1.807) is 17.1 Å². The van der Waals surface area contributed by atoms with E-state index in [2.05, 4.69) is 20.3 Å². The summed E-state index contributed by atoms with van der Waals surface area (Å²) in [4.78, 5) is 26.1. The number of para-hydroxylation sites is 2. The van der Waals surface area contributed by atoms with Crippen molar-refractivity contribution in [2.75, 3.05) is 5.32 Å². The number of amides is 1. The molecular formula is C22H15N5OS. The third-order valence-electron chi connectivity index (χ3n) is 4.49. The van der Waals surface area contributed by atoms with Crippen molar-refractivity contribution >= 4 is 33.3 Å². The molecule has 0 saturated carbocycles. The van der Waals surface area contributed by atoms with E-state index < -0.39 is 0 Å². The largest absolute Gasteiger partial charge is 0.296 e. The van der Waals surface area contributed by atoms with E-state index in [0.717, 1.165) is 28.0 Å². The molecule has 0 aliphatic carbocycles. The van der Waals surface area contributed by atoms with E-state index in [1.807, 2.05) is 72.1 Å². The van der Waals surface area contributed by atoms with Crippen molar-refractivity contribution in [1.82, 2.24) is 19.5 Å². The van der Waals surface area contributed by atoms with Gasteiger partial charge in [-0.25, -0.2) is 15.0 Å². The highest BCUT2D eigenvalue weighted by atomic mass is 32.1. The number of carbonyl (C=O) groups excluding carboxylic acids is 1. The summed E-state index contributed by atoms with van der Waals surface area (Å²) >= 11 is 1.36. The van der Waals surface area contributed by atoms with Crippen LogP contribution in [0.5, 0.6) is 0 Å². The number of pyridine rings is 1. The van der Waals surface area contributed by atoms with Crippen LogP contribution in [0.25, 0.3) is 28.0 Å². The Morgan fingerprint density at radius 2 is 1.72 bits per heavy atom. The molecule has 0 unspecified atom stereocenters. The monoisotopic (exact) mass is 397 g/mol. The van der Waals surface area contributed by atoms with Gasteiger partial charge in [-0.1, -0.05) is 42.5 Å². The van der Waals surface area contributed by atoms with E-state index in [4.69, 9.17) is 0 Å². The second-order valence-electron chi connectivity index (χ2n) is 6.37. The van der Waals surface area contributed by atoms with Gasteiger partial charge in [0.05, 0.1) is 23.7 Å². The molecule has 0 aliphatic heterocycles. The van der Waals surface area contributed by atoms with Crippen LogP contribution in [0.1, 0.15) is 10.5 Å². The topological polar surface area (TPSA) is 72.7 Å². The number of rotatable bonds is 4. The molecule has 140 valence electrons. The van der Waals surface area contributed by atoms with Crippen molar-refractivity contribution in [1.29, 1.82) is 0 Å². The molecule has 5 aromatic rings. The highest BCUT2D eigenvalue weighted by Crippen LogP contribution is 2.26. The molecule has 0 saturated heterocycles. The average molecular weight is 397 g/mol. The Bertz CT molecular complexity index is 1310. The lowest BCUT2D eigenvalue weighted by atomic mass is 10.2. The van der Waals surface area contributed by atoms with E-state index in [0.29, 0.717) is 10.8 Å². The zero-order valence-corrected chi connectivity index (χ0v) is 16.0. The van der Waals surface area contributed by atoms with Crippen molar-refractivity contribution in [3.8, 4) is 17.1 Å². The molecule has 6 nitrogen and oxygen atoms in total. The Labute approximate surface area is 170 Å². The van der Waals surface area contributed by atoms with Gasteiger partial charge in [-0.05, 0) is 24.3 Å². The second kappa shape index (κ2) is 7.29. The van der Waals surface area contributed by atoms with Crippen LogP contribution in [0.15, 0.2) is 84.6 Å². The lowest BCUT2D eigenvalue weighted by Gasteiger charge is -2.07. The predicted molar refractivity (Wildman–Crippen MR) is 114 cm³/mol. The molecule has 3 aromatic heterocycles. The lowest BCUT2D eigenvalue weighted by molar-refractivity contribution is 0.102. The smallest absolute Gasteiger partial charge is 0.276 e. The summed E-state index contributed by atoms with van der Waals surface area (Å²) in [6.07, 6.45) is 3.16. The molecule has 1 amide bonds. The summed E-state index contributed by atoms with van der Waals surface area (Å²) in [6.45, 7) is 0. The fourth-order valence-electron chi connectivity index (χ4n) is 3.08. The maximum atomic E-state index is 12.8. The molecule has 2 aromatic carbocycles. The quantitative estimate of drug-likeness (QED) is 0.473. The molecule has 0 fully saturated rings. The van der Waals surface area contributed by atoms with Gasteiger partial charge < -0.3 is 0 Å². The Balaban J connectivity index is 1.39. The van der Waals surface area contributed by atoms with Gasteiger partial charge in [0, 0.05) is 16.5 Å². The first kappa shape index (κ1) is 17.3. The molecule has 0 radical (unpaired) electrons. The van der Waals surface area contributed by atoms with E-state index in [1.165, 1.54) is 11.3 Å². The summed E-state index contributed by atoms with van der Waals surface area (Å²) in [7, 11) is 0. The predicted octanol–water partition coefficient (Wildman–Crippen LogP) is 4.80. The third-order valence-corrected chi connectivity index (χ3v) is 5.25. The van der Waals surface area contributed by atoms with Crippen LogP contribution < -0.4 is 5.32 Å². The first-order chi connectivity index (χ1) is 14.3. The van der Waals surface area contributed by atoms with Crippen molar-refractivity contribution in [2.45, 2.75) is 0 Å². The fraction of sp³-hybridized carbons (Fsp3) is 0. The molecule has 7 heteroatoms. The zero-order chi connectivity index (χ0) is 19.6. The number of fused-ring (bicyclic) bond motifs is 1. The van der Waals surface area contributed by atoms with Crippen LogP contribution in [0.2, 0.25) is 0 Å². The van der Waals surface area contributed by atoms with E-state index in [9.17, 15) is 4.79 Å². The molecule has 0 spiro atoms. The average Bonchev–Trinajstić information content (AvgIpc) is 3.44. The molecule has 1 N–H and O–H groups in total. The molecule has 29 heavy (non-hydrogen) atoms. The van der Waals surface area contributed by atoms with Crippen molar-refractivity contribution < 1.29 is 4.79 Å². The number of anilines is 1. The second-order valence-corrected chi connectivity index (χ2v) is 7.22. The lowest BCUT2D eigenvalue weighted by Crippen LogP contribution is -2.15. The number of imidazole rings is 1. The maximum Gasteiger partial charge on any atom is 0.276 e. The Morgan fingerprint density at radius 1 is 0.897 bits per heavy atom. The maximum absolute atomic E-state index is 12.8. The van der Waals surface area contributed by atoms with Gasteiger partial charge in [0.25, 0.3) is 5.91 Å². The van der Waals surface area contributed by atoms with Gasteiger partial charge in [-0.15, -0.1) is 11.3 Å². The number of carbonyl (C=O) groups is 1. The van der Waals surface area contributed by atoms with Crippen molar-refractivity contribution in [2.24, 2.45) is 0 Å². The number of hydrogen-bond acceptors (Lipinski definition) is 5. The molecule has 3 heterocycles. The summed E-state index contributed by atoms with van der Waals surface area (Å²) in [5.74, 6) is -0.265. The Morgan fingerprint density at radius 3 is 2.62 bits per heavy atom. The van der Waals surface area contributed by atoms with Crippen LogP contribution in [-0.2, 0) is 0 Å². The van der Waals surface area contributed by atoms with Gasteiger partial charge in [0.1, 0.15) is 11.4 Å². The summed E-state index contributed by atoms with van der Waals surface area (Å²) in [5, 5.41) is 6.34. The van der Waals surface area contributed by atoms with Crippen LogP contribution in [0.3, 0.4) is 0 Å². The normalized spacial score (nSPS) is 10.9. The van der Waals surface area contributed by atoms with Gasteiger partial charge in [-0.3, -0.25) is 14.7 Å². The first-order valence-electron chi connectivity index (χ1n) is 8.99. The minimum Gasteiger partial charge on any atom is -0.296 e. The number of thiazole rings is 1. The van der Waals surface area contributed by atoms with Crippen LogP contribution in [0, 0.1) is 0 Å². The number of aromatic nitrogens is 4. The minimum atomic E-state index is -0.265. The van der Waals surface area contributed by atoms with Gasteiger partial charge >= 0.3 is 0 Å². The summed E-state index contributed by atoms with van der Waals surface area (Å²) in [6, 6.07) is 21.5. The van der Waals surface area contributed by atoms with Crippen molar-refractivity contribution in [3.63, 3.8) is 0 Å². The molecular weight excluding hydrogens is 382 g/mol. The highest BCUT2D eigenvalue weighted by Gasteiger charge is 2.15. The van der Waals surface area contributed by atoms with Crippen LogP contribution in [0.4, 0.5) is 5.13 Å². The summed E-state index contributed by atoms with van der Waals surface area (Å²) < 4.78 is 1.74. The third kappa shape index (κ3) is 3.39. The van der Waals surface area contributed by atoms with Crippen LogP contribution >= 0.6 is 11.3 Å². The van der Waals surface area contributed by atoms with E-state index in [-0.39, 0.29) is 5.91 Å². The van der Waals surface area contributed by atoms with Gasteiger partial charge in [-0.2, -0.15) is 0 Å². The van der Waals surface area contributed by atoms with Crippen molar-refractivity contribution in [3.05, 3.63) is 90.3 Å². The molecule has 5 rings (SSSR count). The summed E-state index contributed by atoms with van der Waals surface area (Å²) in [5.41, 5.74) is 3.73. The number of nitrogens with one attached hydrogen (secondary N) is 1. The SMILES string of the molecule is O=C(Nc1nc(-c2ccc3ccccc3n2)cs1)c1cncn1-c1ccccc1. The number of hydrogen-bond donors (Lipinski definition) is 1. The zero-order valence-electron chi connectivity index (χ0n) is 15.2. The minimum absolute atomic E-state index is 0.265. The molecule has 0 bridgehead atoms. The fourth-order valence-corrected chi connectivity index (χ4v) is 3.78.